The number of aliphatic hydroxyl groups is 1. The van der Waals surface area contributed by atoms with Gasteiger partial charge in [0.25, 0.3) is 23.3 Å². The van der Waals surface area contributed by atoms with E-state index in [4.69, 9.17) is 4.98 Å². The molecule has 2 saturated heterocycles. The molecular formula is C59H63F3N12O6. The number of hydrogen-bond acceptors (Lipinski definition) is 13. The highest BCUT2D eigenvalue weighted by Gasteiger charge is 2.50. The predicted molar refractivity (Wildman–Crippen MR) is 299 cm³/mol. The molecule has 80 heavy (non-hydrogen) atoms. The third kappa shape index (κ3) is 9.48. The summed E-state index contributed by atoms with van der Waals surface area (Å²) in [6.45, 7) is 16.3. The normalized spacial score (nSPS) is 18.6. The van der Waals surface area contributed by atoms with Crippen LogP contribution in [0.2, 0.25) is 0 Å². The van der Waals surface area contributed by atoms with Gasteiger partial charge in [-0.1, -0.05) is 20.4 Å². The highest BCUT2D eigenvalue weighted by Crippen LogP contribution is 2.43. The van der Waals surface area contributed by atoms with Crippen LogP contribution in [0, 0.1) is 5.41 Å². The lowest BCUT2D eigenvalue weighted by atomic mass is 9.88. The minimum Gasteiger partial charge on any atom is -0.392 e. The number of halogens is 3. The third-order valence-corrected chi connectivity index (χ3v) is 16.7. The van der Waals surface area contributed by atoms with Crippen LogP contribution < -0.4 is 35.8 Å². The molecule has 0 bridgehead atoms. The maximum absolute atomic E-state index is 14.1. The van der Waals surface area contributed by atoms with Gasteiger partial charge in [-0.05, 0) is 124 Å². The van der Waals surface area contributed by atoms with Crippen LogP contribution in [0.5, 0.6) is 0 Å². The molecular weight excluding hydrogens is 1030 g/mol. The SMILES string of the molecule is C=CC(=O)Nc1cc(Nc2nc(-c3ccnc(N4CCn5c(cc6c5CC(C)(C)C6)C4=O)c3CO)cn(C)c2=O)ccc1N1CCN(C2CCN(c3ccc4c(c3)C(=O)N(c3ccnc(C(C)(C)C(F)(F)F)c3)C4=O)CC2)C[C@@H]1C. The molecule has 8 heterocycles. The zero-order valence-electron chi connectivity index (χ0n) is 45.5. The summed E-state index contributed by atoms with van der Waals surface area (Å²) in [7, 11) is 1.61. The second-order valence-corrected chi connectivity index (χ2v) is 22.8. The first-order valence-corrected chi connectivity index (χ1v) is 26.9. The summed E-state index contributed by atoms with van der Waals surface area (Å²) in [6, 6.07) is 17.1. The van der Waals surface area contributed by atoms with Gasteiger partial charge >= 0.3 is 6.18 Å². The molecule has 1 aliphatic carbocycles. The largest absolute Gasteiger partial charge is 0.399 e. The Labute approximate surface area is 460 Å². The Balaban J connectivity index is 0.759. The molecule has 1 atom stereocenters. The maximum Gasteiger partial charge on any atom is 0.399 e. The molecule has 18 nitrogen and oxygen atoms in total. The van der Waals surface area contributed by atoms with Crippen LogP contribution in [-0.2, 0) is 43.3 Å². The molecule has 2 fully saturated rings. The number of nitrogens with one attached hydrogen (secondary N) is 2. The number of pyridine rings is 2. The van der Waals surface area contributed by atoms with E-state index in [2.05, 4.69) is 67.2 Å². The Kier molecular flexibility index (Phi) is 13.6. The quantitative estimate of drug-likeness (QED) is 0.0789. The van der Waals surface area contributed by atoms with Crippen LogP contribution in [-0.4, -0.2) is 115 Å². The summed E-state index contributed by atoms with van der Waals surface area (Å²) in [4.78, 5) is 90.9. The van der Waals surface area contributed by atoms with Crippen molar-refractivity contribution in [1.82, 2.24) is 29.0 Å². The lowest BCUT2D eigenvalue weighted by Gasteiger charge is -2.47. The number of imide groups is 1. The number of amides is 4. The molecule has 0 unspecified atom stereocenters. The van der Waals surface area contributed by atoms with Gasteiger partial charge in [0.1, 0.15) is 16.9 Å². The Morgan fingerprint density at radius 1 is 0.850 bits per heavy atom. The van der Waals surface area contributed by atoms with Crippen molar-refractivity contribution >= 4 is 63.7 Å². The summed E-state index contributed by atoms with van der Waals surface area (Å²) in [5, 5.41) is 17.0. The molecule has 6 aromatic rings. The summed E-state index contributed by atoms with van der Waals surface area (Å²) < 4.78 is 45.2. The maximum atomic E-state index is 14.1. The van der Waals surface area contributed by atoms with Gasteiger partial charge in [-0.2, -0.15) is 13.2 Å². The van der Waals surface area contributed by atoms with Crippen molar-refractivity contribution in [2.45, 2.75) is 97.1 Å². The summed E-state index contributed by atoms with van der Waals surface area (Å²) in [5.74, 6) is -1.49. The van der Waals surface area contributed by atoms with E-state index in [1.807, 2.05) is 24.3 Å². The van der Waals surface area contributed by atoms with Crippen molar-refractivity contribution in [3.63, 3.8) is 0 Å². The van der Waals surface area contributed by atoms with E-state index < -0.39 is 41.5 Å². The number of anilines is 7. The fourth-order valence-electron chi connectivity index (χ4n) is 12.2. The van der Waals surface area contributed by atoms with E-state index >= 15 is 0 Å². The van der Waals surface area contributed by atoms with E-state index in [0.717, 1.165) is 75.0 Å². The van der Waals surface area contributed by atoms with Gasteiger partial charge < -0.3 is 34.7 Å². The molecule has 11 rings (SSSR count). The van der Waals surface area contributed by atoms with Crippen molar-refractivity contribution < 1.29 is 37.5 Å². The van der Waals surface area contributed by atoms with Crippen LogP contribution in [0.4, 0.5) is 53.2 Å². The van der Waals surface area contributed by atoms with Gasteiger partial charge in [0.2, 0.25) is 5.91 Å². The first kappa shape index (κ1) is 53.8. The highest BCUT2D eigenvalue weighted by atomic mass is 19.4. The first-order chi connectivity index (χ1) is 38.0. The molecule has 416 valence electrons. The minimum atomic E-state index is -4.60. The monoisotopic (exact) mass is 1090 g/mol. The lowest BCUT2D eigenvalue weighted by Crippen LogP contribution is -2.57. The predicted octanol–water partition coefficient (Wildman–Crippen LogP) is 8.00. The van der Waals surface area contributed by atoms with Crippen LogP contribution in [0.15, 0.2) is 96.7 Å². The average Bonchev–Trinajstić information content (AvgIpc) is 4.04. The molecule has 4 amide bonds. The number of rotatable bonds is 12. The van der Waals surface area contributed by atoms with Crippen molar-refractivity contribution in [3.8, 4) is 11.3 Å². The number of aromatic nitrogens is 5. The van der Waals surface area contributed by atoms with E-state index in [0.29, 0.717) is 72.4 Å². The molecule has 0 saturated carbocycles. The fraction of sp³-hybridized carbons (Fsp3) is 0.390. The van der Waals surface area contributed by atoms with Crippen molar-refractivity contribution in [2.24, 2.45) is 12.5 Å². The molecule has 0 spiro atoms. The summed E-state index contributed by atoms with van der Waals surface area (Å²) in [6.07, 6.45) is 4.41. The van der Waals surface area contributed by atoms with Crippen LogP contribution in [0.25, 0.3) is 11.3 Å². The molecule has 21 heteroatoms. The minimum absolute atomic E-state index is 0.000866. The van der Waals surface area contributed by atoms with Gasteiger partial charge in [-0.15, -0.1) is 0 Å². The van der Waals surface area contributed by atoms with Gasteiger partial charge in [-0.25, -0.2) is 14.9 Å². The summed E-state index contributed by atoms with van der Waals surface area (Å²) >= 11 is 0. The third-order valence-electron chi connectivity index (χ3n) is 16.7. The van der Waals surface area contributed by atoms with E-state index in [-0.39, 0.29) is 51.7 Å². The number of carbonyl (C=O) groups excluding carboxylic acids is 4. The van der Waals surface area contributed by atoms with E-state index in [1.54, 1.807) is 48.6 Å². The molecule has 4 aromatic heterocycles. The van der Waals surface area contributed by atoms with E-state index in [9.17, 15) is 42.3 Å². The van der Waals surface area contributed by atoms with E-state index in [1.165, 1.54) is 34.2 Å². The molecule has 5 aliphatic rings. The Morgan fingerprint density at radius 3 is 2.33 bits per heavy atom. The Morgan fingerprint density at radius 2 is 1.60 bits per heavy atom. The van der Waals surface area contributed by atoms with Gasteiger partial charge in [0.15, 0.2) is 5.82 Å². The number of benzene rings is 2. The van der Waals surface area contributed by atoms with Gasteiger partial charge in [0.05, 0.1) is 46.2 Å². The van der Waals surface area contributed by atoms with Gasteiger partial charge in [-0.3, -0.25) is 38.8 Å². The van der Waals surface area contributed by atoms with Crippen molar-refractivity contribution in [3.05, 3.63) is 142 Å². The summed E-state index contributed by atoms with van der Waals surface area (Å²) in [5.41, 5.74) is 4.35. The number of aliphatic hydroxyl groups excluding tert-OH is 1. The second-order valence-electron chi connectivity index (χ2n) is 22.8. The highest BCUT2D eigenvalue weighted by molar-refractivity contribution is 6.34. The number of piperazine rings is 1. The van der Waals surface area contributed by atoms with Crippen LogP contribution >= 0.6 is 0 Å². The number of alkyl halides is 3. The van der Waals surface area contributed by atoms with Crippen molar-refractivity contribution in [2.75, 3.05) is 69.5 Å². The average molecular weight is 1090 g/mol. The van der Waals surface area contributed by atoms with Gasteiger partial charge in [0, 0.05) is 112 Å². The van der Waals surface area contributed by atoms with Crippen LogP contribution in [0.3, 0.4) is 0 Å². The number of aryl methyl sites for hydroxylation is 1. The number of nitrogens with zero attached hydrogens (tertiary/aromatic N) is 10. The number of piperidine rings is 1. The topological polar surface area (TPSA) is 194 Å². The first-order valence-electron chi connectivity index (χ1n) is 26.9. The Hall–Kier alpha value is -8.17. The zero-order valence-corrected chi connectivity index (χ0v) is 45.5. The standard InChI is InChI=1S/C59H63F3N12O6/c1-8-50(76)66-44-26-36(65-51-56(80)68(7)32-45(67-51)40-14-18-64-52(43(40)33-75)73-24-23-72-47(55(73)79)25-35-29-57(3,4)30-48(35)72)9-12-46(44)71-22-21-70(31-34(71)2)37-15-19-69(20-16-37)38-10-11-41-42(27-38)54(78)74(53(41)77)39-13-17-63-49(28-39)58(5,6)59(60,61)62/h8-14,17-18,25-28,32,34,37,75H,1,15-16,19-24,29-31,33H2,2-7H3,(H,65,67)(H,66,76)/t34-/m0/s1. The van der Waals surface area contributed by atoms with Crippen molar-refractivity contribution in [1.29, 1.82) is 0 Å². The number of hydrogen-bond donors (Lipinski definition) is 3. The zero-order chi connectivity index (χ0) is 56.7. The Bertz CT molecular complexity index is 3600. The fourth-order valence-corrected chi connectivity index (χ4v) is 12.2. The molecule has 4 aliphatic heterocycles. The molecule has 0 radical (unpaired) electrons. The number of fused-ring (bicyclic) bond motifs is 4. The van der Waals surface area contributed by atoms with Crippen LogP contribution in [0.1, 0.15) is 101 Å². The smallest absolute Gasteiger partial charge is 0.392 e. The molecule has 3 N–H and O–H groups in total. The number of carbonyl (C=O) groups is 4. The lowest BCUT2D eigenvalue weighted by molar-refractivity contribution is -0.181. The molecule has 2 aromatic carbocycles. The second kappa shape index (κ2) is 20.2.